The minimum Gasteiger partial charge on any atom is -0.508 e. The van der Waals surface area contributed by atoms with E-state index in [1.807, 2.05) is 38.1 Å². The molecule has 0 aliphatic carbocycles. The Balaban J connectivity index is 2.10. The summed E-state index contributed by atoms with van der Waals surface area (Å²) in [6, 6.07) is 12.8. The van der Waals surface area contributed by atoms with Gasteiger partial charge in [-0.25, -0.2) is 0 Å². The molecule has 98 valence electrons. The van der Waals surface area contributed by atoms with E-state index in [1.54, 1.807) is 18.2 Å². The second-order valence-electron chi connectivity index (χ2n) is 4.63. The van der Waals surface area contributed by atoms with Crippen LogP contribution in [0.5, 0.6) is 5.75 Å². The number of phenols is 1. The maximum atomic E-state index is 12.1. The number of aromatic hydroxyl groups is 1. The average molecular weight is 255 g/mol. The molecule has 2 rings (SSSR count). The lowest BCUT2D eigenvalue weighted by atomic mass is 10.0. The molecule has 2 aromatic carbocycles. The van der Waals surface area contributed by atoms with Gasteiger partial charge in [-0.1, -0.05) is 35.9 Å². The van der Waals surface area contributed by atoms with Gasteiger partial charge in [0, 0.05) is 17.7 Å². The topological polar surface area (TPSA) is 49.3 Å². The first-order valence-electron chi connectivity index (χ1n) is 6.20. The molecule has 1 amide bonds. The number of nitrogens with one attached hydrogen (secondary N) is 1. The fourth-order valence-corrected chi connectivity index (χ4v) is 1.91. The second kappa shape index (κ2) is 5.57. The lowest BCUT2D eigenvalue weighted by Crippen LogP contribution is -2.23. The van der Waals surface area contributed by atoms with Gasteiger partial charge in [-0.05, 0) is 31.5 Å². The van der Waals surface area contributed by atoms with E-state index in [2.05, 4.69) is 5.32 Å². The van der Waals surface area contributed by atoms with E-state index in [4.69, 9.17) is 0 Å². The normalized spacial score (nSPS) is 10.2. The van der Waals surface area contributed by atoms with Crippen molar-refractivity contribution in [1.82, 2.24) is 5.32 Å². The Hall–Kier alpha value is -2.29. The van der Waals surface area contributed by atoms with E-state index in [-0.39, 0.29) is 11.7 Å². The van der Waals surface area contributed by atoms with Crippen molar-refractivity contribution < 1.29 is 9.90 Å². The molecule has 0 aromatic heterocycles. The molecule has 0 aliphatic rings. The Morgan fingerprint density at radius 2 is 1.89 bits per heavy atom. The van der Waals surface area contributed by atoms with Gasteiger partial charge in [-0.15, -0.1) is 0 Å². The van der Waals surface area contributed by atoms with Crippen molar-refractivity contribution in [2.45, 2.75) is 20.4 Å². The van der Waals surface area contributed by atoms with Gasteiger partial charge in [-0.3, -0.25) is 4.79 Å². The zero-order valence-corrected chi connectivity index (χ0v) is 11.1. The number of hydrogen-bond acceptors (Lipinski definition) is 2. The summed E-state index contributed by atoms with van der Waals surface area (Å²) in [7, 11) is 0. The van der Waals surface area contributed by atoms with Crippen molar-refractivity contribution in [3.05, 3.63) is 64.7 Å². The molecule has 3 heteroatoms. The van der Waals surface area contributed by atoms with Crippen LogP contribution in [0, 0.1) is 13.8 Å². The number of carbonyl (C=O) groups excluding carboxylic acids is 1. The lowest BCUT2D eigenvalue weighted by Gasteiger charge is -2.09. The number of para-hydroxylation sites is 1. The minimum absolute atomic E-state index is 0.121. The van der Waals surface area contributed by atoms with Crippen molar-refractivity contribution in [1.29, 1.82) is 0 Å². The number of amides is 1. The molecule has 19 heavy (non-hydrogen) atoms. The van der Waals surface area contributed by atoms with Gasteiger partial charge in [-0.2, -0.15) is 0 Å². The monoisotopic (exact) mass is 255 g/mol. The molecule has 0 saturated carbocycles. The van der Waals surface area contributed by atoms with Gasteiger partial charge < -0.3 is 10.4 Å². The first-order chi connectivity index (χ1) is 9.08. The van der Waals surface area contributed by atoms with Crippen molar-refractivity contribution in [2.75, 3.05) is 0 Å². The Morgan fingerprint density at radius 1 is 1.16 bits per heavy atom. The van der Waals surface area contributed by atoms with Gasteiger partial charge in [0.25, 0.3) is 5.91 Å². The summed E-state index contributed by atoms with van der Waals surface area (Å²) in [6.07, 6.45) is 0. The standard InChI is InChI=1S/C16H17NO2/c1-11-7-8-12(2)14(9-11)16(19)17-10-13-5-3-4-6-15(13)18/h3-9,18H,10H2,1-2H3,(H,17,19). The summed E-state index contributed by atoms with van der Waals surface area (Å²) in [5.74, 6) is 0.0771. The molecule has 0 bridgehead atoms. The molecule has 0 spiro atoms. The molecule has 0 saturated heterocycles. The Labute approximate surface area is 112 Å². The highest BCUT2D eigenvalue weighted by Crippen LogP contribution is 2.16. The fourth-order valence-electron chi connectivity index (χ4n) is 1.91. The molecular weight excluding hydrogens is 238 g/mol. The summed E-state index contributed by atoms with van der Waals surface area (Å²) in [4.78, 5) is 12.1. The largest absolute Gasteiger partial charge is 0.508 e. The molecule has 0 atom stereocenters. The highest BCUT2D eigenvalue weighted by Gasteiger charge is 2.09. The number of phenolic OH excluding ortho intramolecular Hbond substituents is 1. The smallest absolute Gasteiger partial charge is 0.251 e. The number of benzene rings is 2. The summed E-state index contributed by atoms with van der Waals surface area (Å²) in [5.41, 5.74) is 3.38. The third kappa shape index (κ3) is 3.13. The summed E-state index contributed by atoms with van der Waals surface area (Å²) >= 11 is 0. The van der Waals surface area contributed by atoms with Crippen LogP contribution in [0.15, 0.2) is 42.5 Å². The molecule has 0 radical (unpaired) electrons. The maximum absolute atomic E-state index is 12.1. The predicted octanol–water partition coefficient (Wildman–Crippen LogP) is 2.94. The van der Waals surface area contributed by atoms with Gasteiger partial charge >= 0.3 is 0 Å². The predicted molar refractivity (Wildman–Crippen MR) is 75.2 cm³/mol. The molecule has 2 aromatic rings. The van der Waals surface area contributed by atoms with E-state index < -0.39 is 0 Å². The van der Waals surface area contributed by atoms with E-state index >= 15 is 0 Å². The Bertz CT molecular complexity index is 605. The van der Waals surface area contributed by atoms with Crippen LogP contribution in [-0.4, -0.2) is 11.0 Å². The van der Waals surface area contributed by atoms with E-state index in [1.165, 1.54) is 0 Å². The van der Waals surface area contributed by atoms with Crippen molar-refractivity contribution in [2.24, 2.45) is 0 Å². The average Bonchev–Trinajstić information content (AvgIpc) is 2.40. The molecule has 2 N–H and O–H groups in total. The van der Waals surface area contributed by atoms with E-state index in [0.29, 0.717) is 17.7 Å². The van der Waals surface area contributed by atoms with Crippen molar-refractivity contribution >= 4 is 5.91 Å². The van der Waals surface area contributed by atoms with Gasteiger partial charge in [0.15, 0.2) is 0 Å². The number of aryl methyl sites for hydroxylation is 2. The van der Waals surface area contributed by atoms with Crippen LogP contribution in [0.4, 0.5) is 0 Å². The van der Waals surface area contributed by atoms with Crippen LogP contribution in [0.1, 0.15) is 27.0 Å². The van der Waals surface area contributed by atoms with Crippen LogP contribution < -0.4 is 5.32 Å². The molecule has 0 fully saturated rings. The Kier molecular flexibility index (Phi) is 3.85. The van der Waals surface area contributed by atoms with Crippen molar-refractivity contribution in [3.8, 4) is 5.75 Å². The van der Waals surface area contributed by atoms with Crippen LogP contribution in [0.2, 0.25) is 0 Å². The Morgan fingerprint density at radius 3 is 2.63 bits per heavy atom. The first-order valence-corrected chi connectivity index (χ1v) is 6.20. The van der Waals surface area contributed by atoms with Crippen LogP contribution in [0.25, 0.3) is 0 Å². The second-order valence-corrected chi connectivity index (χ2v) is 4.63. The zero-order chi connectivity index (χ0) is 13.8. The molecule has 3 nitrogen and oxygen atoms in total. The van der Waals surface area contributed by atoms with Crippen molar-refractivity contribution in [3.63, 3.8) is 0 Å². The van der Waals surface area contributed by atoms with Crippen LogP contribution in [-0.2, 0) is 6.54 Å². The highest BCUT2D eigenvalue weighted by atomic mass is 16.3. The molecule has 0 heterocycles. The quantitative estimate of drug-likeness (QED) is 0.886. The van der Waals surface area contributed by atoms with Gasteiger partial charge in [0.2, 0.25) is 0 Å². The number of rotatable bonds is 3. The number of carbonyl (C=O) groups is 1. The SMILES string of the molecule is Cc1ccc(C)c(C(=O)NCc2ccccc2O)c1. The lowest BCUT2D eigenvalue weighted by molar-refractivity contribution is 0.0950. The third-order valence-corrected chi connectivity index (χ3v) is 3.07. The minimum atomic E-state index is -0.121. The fraction of sp³-hybridized carbons (Fsp3) is 0.188. The van der Waals surface area contributed by atoms with E-state index in [9.17, 15) is 9.90 Å². The third-order valence-electron chi connectivity index (χ3n) is 3.07. The number of hydrogen-bond donors (Lipinski definition) is 2. The maximum Gasteiger partial charge on any atom is 0.251 e. The molecule has 0 aliphatic heterocycles. The van der Waals surface area contributed by atoms with E-state index in [0.717, 1.165) is 11.1 Å². The molecule has 0 unspecified atom stereocenters. The highest BCUT2D eigenvalue weighted by molar-refractivity contribution is 5.95. The van der Waals surface area contributed by atoms with Crippen LogP contribution >= 0.6 is 0 Å². The summed E-state index contributed by atoms with van der Waals surface area (Å²) < 4.78 is 0. The van der Waals surface area contributed by atoms with Gasteiger partial charge in [0.05, 0.1) is 0 Å². The van der Waals surface area contributed by atoms with Gasteiger partial charge in [0.1, 0.15) is 5.75 Å². The summed E-state index contributed by atoms with van der Waals surface area (Å²) in [5, 5.41) is 12.5. The molecular formula is C16H17NO2. The first kappa shape index (κ1) is 13.1. The van der Waals surface area contributed by atoms with Crippen LogP contribution in [0.3, 0.4) is 0 Å². The summed E-state index contributed by atoms with van der Waals surface area (Å²) in [6.45, 7) is 4.19. The zero-order valence-electron chi connectivity index (χ0n) is 11.1.